The molecule has 0 aliphatic carbocycles. The van der Waals surface area contributed by atoms with Crippen LogP contribution in [0.3, 0.4) is 0 Å². The molecule has 1 fully saturated rings. The van der Waals surface area contributed by atoms with Crippen molar-refractivity contribution in [1.82, 2.24) is 4.90 Å². The maximum atomic E-state index is 13.3. The van der Waals surface area contributed by atoms with Gasteiger partial charge in [0.15, 0.2) is 0 Å². The molecule has 1 amide bonds. The van der Waals surface area contributed by atoms with Crippen LogP contribution in [0, 0.1) is 12.7 Å². The van der Waals surface area contributed by atoms with Crippen molar-refractivity contribution in [2.24, 2.45) is 0 Å². The zero-order valence-corrected chi connectivity index (χ0v) is 14.5. The fourth-order valence-electron chi connectivity index (χ4n) is 2.93. The predicted molar refractivity (Wildman–Crippen MR) is 93.4 cm³/mol. The summed E-state index contributed by atoms with van der Waals surface area (Å²) >= 11 is 3.48. The van der Waals surface area contributed by atoms with Gasteiger partial charge in [0.1, 0.15) is 5.82 Å². The minimum atomic E-state index is -0.375. The number of halogens is 2. The van der Waals surface area contributed by atoms with Gasteiger partial charge >= 0.3 is 0 Å². The Morgan fingerprint density at radius 1 is 1.09 bits per heavy atom. The van der Waals surface area contributed by atoms with Crippen molar-refractivity contribution in [3.8, 4) is 0 Å². The molecule has 0 bridgehead atoms. The summed E-state index contributed by atoms with van der Waals surface area (Å²) in [7, 11) is 0. The summed E-state index contributed by atoms with van der Waals surface area (Å²) in [4.78, 5) is 16.5. The van der Waals surface area contributed by atoms with Crippen LogP contribution in [-0.4, -0.2) is 37.0 Å². The summed E-state index contributed by atoms with van der Waals surface area (Å²) in [5.41, 5.74) is 2.83. The molecule has 3 nitrogen and oxygen atoms in total. The number of carbonyl (C=O) groups excluding carboxylic acids is 1. The summed E-state index contributed by atoms with van der Waals surface area (Å²) in [6.45, 7) is 4.94. The first-order valence-electron chi connectivity index (χ1n) is 7.60. The number of benzene rings is 2. The van der Waals surface area contributed by atoms with E-state index in [9.17, 15) is 9.18 Å². The Labute approximate surface area is 143 Å². The van der Waals surface area contributed by atoms with Crippen LogP contribution in [0.4, 0.5) is 10.1 Å². The van der Waals surface area contributed by atoms with Crippen molar-refractivity contribution in [3.05, 3.63) is 63.9 Å². The number of aryl methyl sites for hydroxylation is 1. The molecule has 1 aliphatic heterocycles. The molecule has 0 N–H and O–H groups in total. The topological polar surface area (TPSA) is 23.6 Å². The summed E-state index contributed by atoms with van der Waals surface area (Å²) < 4.78 is 14.3. The number of rotatable bonds is 2. The molecule has 1 aliphatic rings. The van der Waals surface area contributed by atoms with Gasteiger partial charge in [0, 0.05) is 41.9 Å². The van der Waals surface area contributed by atoms with Crippen molar-refractivity contribution in [2.75, 3.05) is 31.1 Å². The van der Waals surface area contributed by atoms with Crippen molar-refractivity contribution in [1.29, 1.82) is 0 Å². The van der Waals surface area contributed by atoms with Crippen LogP contribution < -0.4 is 4.90 Å². The minimum absolute atomic E-state index is 0.100. The van der Waals surface area contributed by atoms with Crippen LogP contribution >= 0.6 is 15.9 Å². The van der Waals surface area contributed by atoms with Crippen molar-refractivity contribution in [2.45, 2.75) is 6.92 Å². The average Bonchev–Trinajstić information content (AvgIpc) is 2.54. The Balaban J connectivity index is 1.67. The summed E-state index contributed by atoms with van der Waals surface area (Å²) in [5, 5.41) is 0. The fraction of sp³-hybridized carbons (Fsp3) is 0.278. The van der Waals surface area contributed by atoms with Gasteiger partial charge in [-0.2, -0.15) is 0 Å². The first-order valence-corrected chi connectivity index (χ1v) is 8.40. The lowest BCUT2D eigenvalue weighted by molar-refractivity contribution is 0.0746. The van der Waals surface area contributed by atoms with Gasteiger partial charge in [-0.15, -0.1) is 0 Å². The zero-order chi connectivity index (χ0) is 16.4. The number of nitrogens with zero attached hydrogens (tertiary/aromatic N) is 2. The number of piperazine rings is 1. The van der Waals surface area contributed by atoms with E-state index in [1.165, 1.54) is 23.4 Å². The van der Waals surface area contributed by atoms with Gasteiger partial charge in [-0.3, -0.25) is 4.79 Å². The second-order valence-corrected chi connectivity index (χ2v) is 6.64. The second kappa shape index (κ2) is 6.71. The lowest BCUT2D eigenvalue weighted by Crippen LogP contribution is -2.49. The molecular formula is C18H18BrFN2O. The normalized spacial score (nSPS) is 14.9. The van der Waals surface area contributed by atoms with Gasteiger partial charge in [0.2, 0.25) is 0 Å². The van der Waals surface area contributed by atoms with Gasteiger partial charge in [-0.05, 0) is 48.9 Å². The van der Waals surface area contributed by atoms with E-state index in [-0.39, 0.29) is 11.7 Å². The van der Waals surface area contributed by atoms with Gasteiger partial charge in [0.25, 0.3) is 5.91 Å². The molecule has 120 valence electrons. The number of amides is 1. The Bertz CT molecular complexity index is 727. The highest BCUT2D eigenvalue weighted by molar-refractivity contribution is 9.10. The molecule has 1 saturated heterocycles. The third-order valence-electron chi connectivity index (χ3n) is 4.14. The van der Waals surface area contributed by atoms with Crippen LogP contribution in [-0.2, 0) is 0 Å². The third-order valence-corrected chi connectivity index (χ3v) is 4.63. The van der Waals surface area contributed by atoms with Crippen LogP contribution in [0.25, 0.3) is 0 Å². The molecule has 0 atom stereocenters. The Morgan fingerprint density at radius 2 is 1.83 bits per heavy atom. The molecule has 0 aromatic heterocycles. The van der Waals surface area contributed by atoms with E-state index in [1.807, 2.05) is 6.07 Å². The van der Waals surface area contributed by atoms with Crippen LogP contribution in [0.2, 0.25) is 0 Å². The van der Waals surface area contributed by atoms with E-state index in [4.69, 9.17) is 0 Å². The maximum Gasteiger partial charge on any atom is 0.254 e. The SMILES string of the molecule is Cc1cc(Br)ccc1N1CCN(C(=O)c2cccc(F)c2)CC1. The smallest absolute Gasteiger partial charge is 0.254 e. The Morgan fingerprint density at radius 3 is 2.48 bits per heavy atom. The highest BCUT2D eigenvalue weighted by atomic mass is 79.9. The molecule has 0 radical (unpaired) electrons. The van der Waals surface area contributed by atoms with Crippen molar-refractivity contribution in [3.63, 3.8) is 0 Å². The summed E-state index contributed by atoms with van der Waals surface area (Å²) in [6.07, 6.45) is 0. The second-order valence-electron chi connectivity index (χ2n) is 5.72. The Hall–Kier alpha value is -1.88. The van der Waals surface area contributed by atoms with Crippen molar-refractivity contribution < 1.29 is 9.18 Å². The van der Waals surface area contributed by atoms with E-state index < -0.39 is 0 Å². The van der Waals surface area contributed by atoms with Gasteiger partial charge in [0.05, 0.1) is 0 Å². The lowest BCUT2D eigenvalue weighted by Gasteiger charge is -2.37. The predicted octanol–water partition coefficient (Wildman–Crippen LogP) is 3.86. The van der Waals surface area contributed by atoms with E-state index >= 15 is 0 Å². The quantitative estimate of drug-likeness (QED) is 0.794. The highest BCUT2D eigenvalue weighted by Gasteiger charge is 2.23. The average molecular weight is 377 g/mol. The maximum absolute atomic E-state index is 13.3. The number of hydrogen-bond donors (Lipinski definition) is 0. The third kappa shape index (κ3) is 3.55. The molecular weight excluding hydrogens is 359 g/mol. The number of anilines is 1. The molecule has 5 heteroatoms. The Kier molecular flexibility index (Phi) is 4.66. The molecule has 2 aromatic rings. The zero-order valence-electron chi connectivity index (χ0n) is 12.9. The molecule has 2 aromatic carbocycles. The fourth-order valence-corrected chi connectivity index (χ4v) is 3.40. The number of carbonyl (C=O) groups is 1. The molecule has 0 unspecified atom stereocenters. The molecule has 3 rings (SSSR count). The van der Waals surface area contributed by atoms with Gasteiger partial charge < -0.3 is 9.80 Å². The van der Waals surface area contributed by atoms with Crippen LogP contribution in [0.5, 0.6) is 0 Å². The van der Waals surface area contributed by atoms with E-state index in [1.54, 1.807) is 17.0 Å². The van der Waals surface area contributed by atoms with E-state index in [0.29, 0.717) is 18.7 Å². The molecule has 0 saturated carbocycles. The summed E-state index contributed by atoms with van der Waals surface area (Å²) in [6, 6.07) is 12.1. The van der Waals surface area contributed by atoms with E-state index in [0.717, 1.165) is 17.6 Å². The molecule has 23 heavy (non-hydrogen) atoms. The van der Waals surface area contributed by atoms with Crippen LogP contribution in [0.15, 0.2) is 46.9 Å². The van der Waals surface area contributed by atoms with Gasteiger partial charge in [-0.1, -0.05) is 22.0 Å². The molecule has 1 heterocycles. The highest BCUT2D eigenvalue weighted by Crippen LogP contribution is 2.25. The lowest BCUT2D eigenvalue weighted by atomic mass is 10.1. The first-order chi connectivity index (χ1) is 11.0. The van der Waals surface area contributed by atoms with Crippen molar-refractivity contribution >= 4 is 27.5 Å². The van der Waals surface area contributed by atoms with Gasteiger partial charge in [-0.25, -0.2) is 4.39 Å². The number of hydrogen-bond acceptors (Lipinski definition) is 2. The van der Waals surface area contributed by atoms with E-state index in [2.05, 4.69) is 39.9 Å². The first kappa shape index (κ1) is 16.0. The monoisotopic (exact) mass is 376 g/mol. The summed E-state index contributed by atoms with van der Waals surface area (Å²) in [5.74, 6) is -0.475. The largest absolute Gasteiger partial charge is 0.368 e. The standard InChI is InChI=1S/C18H18BrFN2O/c1-13-11-15(19)5-6-17(13)21-7-9-22(10-8-21)18(23)14-3-2-4-16(20)12-14/h2-6,11-12H,7-10H2,1H3. The van der Waals surface area contributed by atoms with Crippen LogP contribution in [0.1, 0.15) is 15.9 Å². The molecule has 0 spiro atoms. The minimum Gasteiger partial charge on any atom is -0.368 e.